The molecule has 11 aromatic rings. The Morgan fingerprint density at radius 1 is 0.314 bits per heavy atom. The van der Waals surface area contributed by atoms with Gasteiger partial charge in [-0.2, -0.15) is 0 Å². The molecule has 0 radical (unpaired) electrons. The van der Waals surface area contributed by atoms with E-state index in [1.54, 1.807) is 24.3 Å². The Balaban J connectivity index is 1.44. The molecule has 11 rings (SSSR count). The molecule has 238 valence electrons. The fourth-order valence-corrected chi connectivity index (χ4v) is 7.01. The highest BCUT2D eigenvalue weighted by Gasteiger charge is 2.22. The number of rotatable bonds is 4. The highest BCUT2D eigenvalue weighted by molar-refractivity contribution is 6.19. The predicted molar refractivity (Wildman–Crippen MR) is 215 cm³/mol. The van der Waals surface area contributed by atoms with Crippen LogP contribution < -0.4 is 0 Å². The number of para-hydroxylation sites is 4. The molecule has 0 saturated carbocycles. The summed E-state index contributed by atoms with van der Waals surface area (Å²) in [6, 6.07) is -1.35. The van der Waals surface area contributed by atoms with Crippen LogP contribution in [0.3, 0.4) is 0 Å². The molecule has 0 atom stereocenters. The van der Waals surface area contributed by atoms with E-state index in [-0.39, 0.29) is 27.5 Å². The Hall–Kier alpha value is -6.84. The number of nitrogens with zero attached hydrogens (tertiary/aromatic N) is 3. The molecule has 51 heavy (non-hydrogen) atoms. The number of fused-ring (bicyclic) bond motifs is 9. The van der Waals surface area contributed by atoms with E-state index in [0.29, 0.717) is 0 Å². The normalized spacial score (nSPS) is 18.0. The first-order chi connectivity index (χ1) is 34.5. The van der Waals surface area contributed by atoms with Crippen LogP contribution in [0.4, 0.5) is 0 Å². The summed E-state index contributed by atoms with van der Waals surface area (Å²) in [5, 5.41) is -2.47. The molecule has 0 aliphatic rings. The summed E-state index contributed by atoms with van der Waals surface area (Å²) in [6.07, 6.45) is 0. The Labute approximate surface area is 325 Å². The van der Waals surface area contributed by atoms with E-state index in [9.17, 15) is 16.4 Å². The van der Waals surface area contributed by atoms with Crippen LogP contribution in [0.5, 0.6) is 0 Å². The van der Waals surface area contributed by atoms with Gasteiger partial charge in [0.25, 0.3) is 0 Å². The summed E-state index contributed by atoms with van der Waals surface area (Å²) in [4.78, 5) is 0. The lowest BCUT2D eigenvalue weighted by Crippen LogP contribution is -1.98. The average molecular weight is 672 g/mol. The highest BCUT2D eigenvalue weighted by Crippen LogP contribution is 2.43. The third-order valence-electron chi connectivity index (χ3n) is 9.11. The van der Waals surface area contributed by atoms with Gasteiger partial charge >= 0.3 is 0 Å². The quantitative estimate of drug-likeness (QED) is 0.177. The lowest BCUT2D eigenvalue weighted by Gasteiger charge is -2.13. The van der Waals surface area contributed by atoms with Crippen molar-refractivity contribution in [3.63, 3.8) is 0 Å². The van der Waals surface area contributed by atoms with Crippen molar-refractivity contribution in [1.29, 1.82) is 0 Å². The van der Waals surface area contributed by atoms with Gasteiger partial charge in [-0.3, -0.25) is 0 Å². The van der Waals surface area contributed by atoms with Crippen molar-refractivity contribution in [3.05, 3.63) is 188 Å². The van der Waals surface area contributed by atoms with Crippen molar-refractivity contribution in [2.75, 3.05) is 0 Å². The minimum atomic E-state index is -0.938. The first-order valence-electron chi connectivity index (χ1n) is 26.7. The van der Waals surface area contributed by atoms with Gasteiger partial charge in [0.2, 0.25) is 0 Å². The van der Waals surface area contributed by atoms with Crippen molar-refractivity contribution < 1.29 is 30.2 Å². The summed E-state index contributed by atoms with van der Waals surface area (Å²) in [5.41, 5.74) is -1.99. The van der Waals surface area contributed by atoms with E-state index in [0.717, 1.165) is 20.3 Å². The van der Waals surface area contributed by atoms with E-state index in [2.05, 4.69) is 0 Å². The zero-order chi connectivity index (χ0) is 52.6. The Morgan fingerprint density at radius 2 is 0.706 bits per heavy atom. The van der Waals surface area contributed by atoms with Crippen molar-refractivity contribution >= 4 is 65.4 Å². The average Bonchev–Trinajstić information content (AvgIpc) is 4.05. The molecule has 0 unspecified atom stereocenters. The van der Waals surface area contributed by atoms with Crippen LogP contribution in [0.2, 0.25) is 0 Å². The number of hydrogen-bond acceptors (Lipinski definition) is 0. The molecule has 0 N–H and O–H groups in total. The molecule has 3 nitrogen and oxygen atoms in total. The van der Waals surface area contributed by atoms with Crippen LogP contribution in [0.1, 0.15) is 30.2 Å². The Kier molecular flexibility index (Phi) is 3.01. The zero-order valence-corrected chi connectivity index (χ0v) is 26.0. The molecule has 0 bridgehead atoms. The van der Waals surface area contributed by atoms with Gasteiger partial charge in [0.15, 0.2) is 0 Å². The largest absolute Gasteiger partial charge is 0.309 e. The smallest absolute Gasteiger partial charge is 0.0645 e. The highest BCUT2D eigenvalue weighted by atomic mass is 15.0. The SMILES string of the molecule is [2H]c1c([2H])c([2H])c2c(c1[2H])c1c(-n3c4c([2H])c([2H])c([2H])c([2H])c4c4c(-n5c6c([2H])c([2H])c([2H])c([2H])c6c6c([2H])c([2H])c([2H])c([2H])c65)c([2H])c([2H])c([2H])c43)c([2H])c([2H])c([2H])c1n2-c1ccc(-c2ccccc2)cc1. The van der Waals surface area contributed by atoms with Gasteiger partial charge < -0.3 is 13.7 Å². The van der Waals surface area contributed by atoms with Gasteiger partial charge in [-0.05, 0) is 71.6 Å². The summed E-state index contributed by atoms with van der Waals surface area (Å²) in [5.74, 6) is 0. The molecule has 8 aromatic carbocycles. The number of benzene rings is 8. The summed E-state index contributed by atoms with van der Waals surface area (Å²) < 4.78 is 205. The Morgan fingerprint density at radius 3 is 1.25 bits per heavy atom. The lowest BCUT2D eigenvalue weighted by atomic mass is 10.1. The molecule has 3 aromatic heterocycles. The third-order valence-corrected chi connectivity index (χ3v) is 9.11. The minimum absolute atomic E-state index is 0.217. The first-order valence-corrected chi connectivity index (χ1v) is 15.7. The predicted octanol–water partition coefficient (Wildman–Crippen LogP) is 12.6. The van der Waals surface area contributed by atoms with Gasteiger partial charge in [0, 0.05) is 38.0 Å². The van der Waals surface area contributed by atoms with Crippen molar-refractivity contribution in [2.45, 2.75) is 0 Å². The molecule has 0 amide bonds. The van der Waals surface area contributed by atoms with Crippen molar-refractivity contribution in [2.24, 2.45) is 0 Å². The molecule has 3 heterocycles. The van der Waals surface area contributed by atoms with Crippen LogP contribution >= 0.6 is 0 Å². The summed E-state index contributed by atoms with van der Waals surface area (Å²) >= 11 is 0. The van der Waals surface area contributed by atoms with E-state index in [4.69, 9.17) is 13.7 Å². The first kappa shape index (κ1) is 14.2. The number of aromatic nitrogens is 3. The van der Waals surface area contributed by atoms with Crippen LogP contribution in [-0.4, -0.2) is 13.7 Å². The van der Waals surface area contributed by atoms with Gasteiger partial charge in [-0.25, -0.2) is 0 Å². The molecule has 0 aliphatic carbocycles. The van der Waals surface area contributed by atoms with Gasteiger partial charge in [-0.1, -0.05) is 127 Å². The summed E-state index contributed by atoms with van der Waals surface area (Å²) in [6.45, 7) is 0. The van der Waals surface area contributed by atoms with Crippen LogP contribution in [0.25, 0.3) is 93.6 Å². The van der Waals surface area contributed by atoms with E-state index in [1.807, 2.05) is 30.3 Å². The molecule has 0 fully saturated rings. The summed E-state index contributed by atoms with van der Waals surface area (Å²) in [7, 11) is 0. The lowest BCUT2D eigenvalue weighted by molar-refractivity contribution is 1.17. The van der Waals surface area contributed by atoms with E-state index >= 15 is 0 Å². The molecular formula is C48H31N3. The van der Waals surface area contributed by atoms with Crippen molar-refractivity contribution in [1.82, 2.24) is 13.7 Å². The second-order valence-electron chi connectivity index (χ2n) is 11.7. The maximum atomic E-state index is 9.72. The minimum Gasteiger partial charge on any atom is -0.309 e. The van der Waals surface area contributed by atoms with Crippen LogP contribution in [0.15, 0.2) is 188 Å². The standard InChI is InChI=1S/C48H31N3/c1-2-14-32(15-3-1)33-28-30-34(31-29-33)49-41-22-10-6-18-37(41)47-43(49)24-12-26-45(47)51-42-23-11-7-19-38(42)48-44(25-13-27-46(48)51)50-39-20-8-4-16-35(39)36-17-5-9-21-40(36)50/h1-31H/i4D,5D,6D,7D,8D,9D,10D,11D,12D,13D,16D,17D,18D,19D,20D,21D,22D,23D,24D,25D,26D,27D. The van der Waals surface area contributed by atoms with Crippen LogP contribution in [-0.2, 0) is 0 Å². The van der Waals surface area contributed by atoms with Crippen LogP contribution in [0, 0.1) is 0 Å². The molecule has 3 heteroatoms. The van der Waals surface area contributed by atoms with Gasteiger partial charge in [0.1, 0.15) is 0 Å². The van der Waals surface area contributed by atoms with Gasteiger partial charge in [-0.15, -0.1) is 0 Å². The topological polar surface area (TPSA) is 14.8 Å². The molecule has 0 spiro atoms. The van der Waals surface area contributed by atoms with E-state index in [1.165, 1.54) is 4.57 Å². The van der Waals surface area contributed by atoms with Crippen molar-refractivity contribution in [3.8, 4) is 28.2 Å². The molecule has 0 aliphatic heterocycles. The van der Waals surface area contributed by atoms with E-state index < -0.39 is 188 Å². The second kappa shape index (κ2) is 10.8. The number of hydrogen-bond donors (Lipinski definition) is 0. The Bertz CT molecular complexity index is 4310. The fourth-order valence-electron chi connectivity index (χ4n) is 7.01. The second-order valence-corrected chi connectivity index (χ2v) is 11.7. The monoisotopic (exact) mass is 671 g/mol. The van der Waals surface area contributed by atoms with Gasteiger partial charge in [0.05, 0.1) is 74.6 Å². The fraction of sp³-hybridized carbons (Fsp3) is 0. The molecular weight excluding hydrogens is 619 g/mol. The maximum absolute atomic E-state index is 9.72. The molecule has 0 saturated heterocycles. The zero-order valence-electron chi connectivity index (χ0n) is 48.0. The maximum Gasteiger partial charge on any atom is 0.0645 e. The third kappa shape index (κ3) is 4.00.